The molecule has 2 rings (SSSR count). The smallest absolute Gasteiger partial charge is 0.237 e. The Bertz CT molecular complexity index is 552. The lowest BCUT2D eigenvalue weighted by Crippen LogP contribution is -2.46. The fourth-order valence-corrected chi connectivity index (χ4v) is 3.00. The molecular formula is C13H18BrNO4. The Morgan fingerprint density at radius 3 is 2.63 bits per heavy atom. The van der Waals surface area contributed by atoms with Crippen LogP contribution in [-0.4, -0.2) is 30.0 Å². The minimum atomic E-state index is -0.832. The highest BCUT2D eigenvalue weighted by molar-refractivity contribution is 9.10. The van der Waals surface area contributed by atoms with E-state index in [0.717, 1.165) is 0 Å². The molecule has 0 radical (unpaired) electrons. The van der Waals surface area contributed by atoms with E-state index in [9.17, 15) is 9.90 Å². The predicted octanol–water partition coefficient (Wildman–Crippen LogP) is 1.71. The van der Waals surface area contributed by atoms with E-state index < -0.39 is 11.5 Å². The number of methoxy groups -OCH3 is 2. The maximum atomic E-state index is 12.1. The van der Waals surface area contributed by atoms with Crippen molar-refractivity contribution in [2.45, 2.75) is 32.6 Å². The molecule has 1 aliphatic rings. The van der Waals surface area contributed by atoms with Crippen LogP contribution in [0, 0.1) is 5.41 Å². The van der Waals surface area contributed by atoms with Gasteiger partial charge >= 0.3 is 0 Å². The first kappa shape index (κ1) is 14.6. The summed E-state index contributed by atoms with van der Waals surface area (Å²) in [6, 6.07) is 0. The van der Waals surface area contributed by atoms with Crippen molar-refractivity contribution in [3.8, 4) is 5.75 Å². The molecule has 0 aliphatic carbocycles. The summed E-state index contributed by atoms with van der Waals surface area (Å²) in [5.41, 5.74) is -0.240. The van der Waals surface area contributed by atoms with Crippen molar-refractivity contribution in [1.29, 1.82) is 0 Å². The van der Waals surface area contributed by atoms with Crippen LogP contribution in [0.25, 0.3) is 0 Å². The molecule has 0 spiro atoms. The zero-order valence-corrected chi connectivity index (χ0v) is 13.0. The number of pyridine rings is 1. The summed E-state index contributed by atoms with van der Waals surface area (Å²) in [4.78, 5) is 12.1. The van der Waals surface area contributed by atoms with Gasteiger partial charge in [0.2, 0.25) is 5.43 Å². The van der Waals surface area contributed by atoms with E-state index in [-0.39, 0.29) is 17.3 Å². The van der Waals surface area contributed by atoms with Crippen LogP contribution in [-0.2, 0) is 11.3 Å². The molecule has 0 saturated heterocycles. The van der Waals surface area contributed by atoms with Gasteiger partial charge < -0.3 is 19.1 Å². The fraction of sp³-hybridized carbons (Fsp3) is 0.615. The minimum Gasteiger partial charge on any atom is -0.491 e. The summed E-state index contributed by atoms with van der Waals surface area (Å²) >= 11 is 3.22. The second-order valence-corrected chi connectivity index (χ2v) is 6.18. The van der Waals surface area contributed by atoms with E-state index in [0.29, 0.717) is 16.7 Å². The van der Waals surface area contributed by atoms with E-state index in [2.05, 4.69) is 15.9 Å². The summed E-state index contributed by atoms with van der Waals surface area (Å²) in [5, 5.41) is 10.6. The Morgan fingerprint density at radius 1 is 1.47 bits per heavy atom. The molecule has 19 heavy (non-hydrogen) atoms. The molecular weight excluding hydrogens is 314 g/mol. The van der Waals surface area contributed by atoms with Gasteiger partial charge in [0, 0.05) is 25.3 Å². The van der Waals surface area contributed by atoms with Crippen molar-refractivity contribution >= 4 is 15.9 Å². The number of rotatable bonds is 2. The molecule has 0 fully saturated rings. The number of hydrogen-bond acceptors (Lipinski definition) is 4. The van der Waals surface area contributed by atoms with Gasteiger partial charge in [0.25, 0.3) is 0 Å². The normalized spacial score (nSPS) is 24.9. The van der Waals surface area contributed by atoms with E-state index >= 15 is 0 Å². The first-order chi connectivity index (χ1) is 8.84. The Morgan fingerprint density at radius 2 is 2.11 bits per heavy atom. The predicted molar refractivity (Wildman–Crippen MR) is 74.5 cm³/mol. The van der Waals surface area contributed by atoms with Crippen LogP contribution in [0.5, 0.6) is 5.75 Å². The summed E-state index contributed by atoms with van der Waals surface area (Å²) in [5.74, 6) is 0.185. The molecule has 1 N–H and O–H groups in total. The van der Waals surface area contributed by atoms with Crippen LogP contribution in [0.4, 0.5) is 0 Å². The highest BCUT2D eigenvalue weighted by Gasteiger charge is 2.44. The van der Waals surface area contributed by atoms with E-state index in [4.69, 9.17) is 9.47 Å². The van der Waals surface area contributed by atoms with E-state index in [1.165, 1.54) is 7.11 Å². The topological polar surface area (TPSA) is 60.7 Å². The maximum Gasteiger partial charge on any atom is 0.237 e. The Kier molecular flexibility index (Phi) is 3.77. The maximum absolute atomic E-state index is 12.1. The second-order valence-electron chi connectivity index (χ2n) is 5.33. The summed E-state index contributed by atoms with van der Waals surface area (Å²) in [7, 11) is 3.06. The zero-order valence-electron chi connectivity index (χ0n) is 11.4. The van der Waals surface area contributed by atoms with Gasteiger partial charge in [0.15, 0.2) is 5.75 Å². The first-order valence-electron chi connectivity index (χ1n) is 6.02. The van der Waals surface area contributed by atoms with Gasteiger partial charge in [-0.2, -0.15) is 0 Å². The number of hydrogen-bond donors (Lipinski definition) is 1. The summed E-state index contributed by atoms with van der Waals surface area (Å²) in [6.45, 7) is 4.40. The lowest BCUT2D eigenvalue weighted by molar-refractivity contribution is -0.0972. The molecule has 2 atom stereocenters. The second kappa shape index (κ2) is 4.92. The number of aliphatic hydroxyl groups excluding tert-OH is 1. The van der Waals surface area contributed by atoms with Gasteiger partial charge in [-0.1, -0.05) is 13.8 Å². The third-order valence-corrected chi connectivity index (χ3v) is 4.44. The first-order valence-corrected chi connectivity index (χ1v) is 6.81. The van der Waals surface area contributed by atoms with Crippen molar-refractivity contribution in [1.82, 2.24) is 4.57 Å². The molecule has 106 valence electrons. The van der Waals surface area contributed by atoms with Crippen LogP contribution in [0.2, 0.25) is 0 Å². The molecule has 6 heteroatoms. The lowest BCUT2D eigenvalue weighted by Gasteiger charge is -2.43. The quantitative estimate of drug-likeness (QED) is 0.896. The number of ether oxygens (including phenoxy) is 2. The van der Waals surface area contributed by atoms with Crippen molar-refractivity contribution in [2.24, 2.45) is 5.41 Å². The molecule has 0 saturated carbocycles. The largest absolute Gasteiger partial charge is 0.491 e. The zero-order chi connectivity index (χ0) is 14.4. The lowest BCUT2D eigenvalue weighted by atomic mass is 9.76. The number of halogens is 1. The third kappa shape index (κ3) is 2.11. The third-order valence-electron chi connectivity index (χ3n) is 3.88. The fourth-order valence-electron chi connectivity index (χ4n) is 2.57. The average Bonchev–Trinajstić information content (AvgIpc) is 2.36. The van der Waals surface area contributed by atoms with Gasteiger partial charge in [0.1, 0.15) is 6.10 Å². The monoisotopic (exact) mass is 331 g/mol. The van der Waals surface area contributed by atoms with Crippen LogP contribution >= 0.6 is 15.9 Å². The molecule has 1 aromatic rings. The summed E-state index contributed by atoms with van der Waals surface area (Å²) < 4.78 is 12.9. The minimum absolute atomic E-state index is 0.144. The molecule has 0 amide bonds. The molecule has 2 heterocycles. The van der Waals surface area contributed by atoms with E-state index in [1.807, 2.05) is 18.4 Å². The van der Waals surface area contributed by atoms with Crippen LogP contribution in [0.1, 0.15) is 25.6 Å². The molecule has 1 aromatic heterocycles. The SMILES string of the molecule is COc1c2n(cc(Br)c1=O)CC(OC)C(C)(C)C2O. The molecule has 0 aromatic carbocycles. The Hall–Kier alpha value is -0.850. The van der Waals surface area contributed by atoms with Crippen molar-refractivity contribution in [2.75, 3.05) is 14.2 Å². The molecule has 1 aliphatic heterocycles. The van der Waals surface area contributed by atoms with Crippen molar-refractivity contribution in [3.05, 3.63) is 26.6 Å². The molecule has 0 bridgehead atoms. The highest BCUT2D eigenvalue weighted by atomic mass is 79.9. The standard InChI is InChI=1S/C13H18BrNO4/c1-13(2)8(18-3)6-15-5-7(14)10(16)11(19-4)9(15)12(13)17/h5,8,12,17H,6H2,1-4H3. The van der Waals surface area contributed by atoms with Crippen molar-refractivity contribution in [3.63, 3.8) is 0 Å². The average molecular weight is 332 g/mol. The van der Waals surface area contributed by atoms with Crippen LogP contribution in [0.15, 0.2) is 15.5 Å². The van der Waals surface area contributed by atoms with Gasteiger partial charge in [-0.15, -0.1) is 0 Å². The number of aromatic nitrogens is 1. The van der Waals surface area contributed by atoms with Gasteiger partial charge in [-0.3, -0.25) is 4.79 Å². The van der Waals surface area contributed by atoms with Crippen LogP contribution < -0.4 is 10.2 Å². The number of fused-ring (bicyclic) bond motifs is 1. The molecule has 2 unspecified atom stereocenters. The van der Waals surface area contributed by atoms with E-state index in [1.54, 1.807) is 13.3 Å². The van der Waals surface area contributed by atoms with Gasteiger partial charge in [-0.25, -0.2) is 0 Å². The van der Waals surface area contributed by atoms with Crippen molar-refractivity contribution < 1.29 is 14.6 Å². The number of nitrogens with zero attached hydrogens (tertiary/aromatic N) is 1. The molecule has 5 nitrogen and oxygen atoms in total. The Balaban J connectivity index is 2.70. The Labute approximate surface area is 120 Å². The number of aliphatic hydroxyl groups is 1. The highest BCUT2D eigenvalue weighted by Crippen LogP contribution is 2.44. The van der Waals surface area contributed by atoms with Gasteiger partial charge in [0.05, 0.1) is 23.4 Å². The van der Waals surface area contributed by atoms with Gasteiger partial charge in [-0.05, 0) is 15.9 Å². The summed E-state index contributed by atoms with van der Waals surface area (Å²) in [6.07, 6.45) is 0.695. The van der Waals surface area contributed by atoms with Crippen LogP contribution in [0.3, 0.4) is 0 Å².